The summed E-state index contributed by atoms with van der Waals surface area (Å²) in [5.74, 6) is 0. The van der Waals surface area contributed by atoms with Gasteiger partial charge in [0.25, 0.3) is 5.24 Å². The van der Waals surface area contributed by atoms with Crippen molar-refractivity contribution in [1.82, 2.24) is 5.43 Å². The molecule has 64 valence electrons. The predicted octanol–water partition coefficient (Wildman–Crippen LogP) is 2.09. The van der Waals surface area contributed by atoms with E-state index in [1.54, 1.807) is 12.5 Å². The fraction of sp³-hybridized carbons (Fsp3) is 0.714. The Morgan fingerprint density at radius 2 is 2.09 bits per heavy atom. The first-order chi connectivity index (χ1) is 4.95. The lowest BCUT2D eigenvalue weighted by molar-refractivity contribution is 0.261. The molecule has 0 atom stereocenters. The summed E-state index contributed by atoms with van der Waals surface area (Å²) in [6.07, 6.45) is 3.42. The molecule has 3 nitrogen and oxygen atoms in total. The highest BCUT2D eigenvalue weighted by atomic mass is 32.2. The molecular formula is C7H14N2OS. The van der Waals surface area contributed by atoms with Gasteiger partial charge in [-0.15, -0.1) is 0 Å². The van der Waals surface area contributed by atoms with Crippen molar-refractivity contribution in [2.45, 2.75) is 20.8 Å². The van der Waals surface area contributed by atoms with Gasteiger partial charge in [0.1, 0.15) is 0 Å². The molecule has 0 aromatic carbocycles. The zero-order valence-corrected chi connectivity index (χ0v) is 8.16. The second kappa shape index (κ2) is 4.38. The van der Waals surface area contributed by atoms with Gasteiger partial charge in [0.15, 0.2) is 0 Å². The van der Waals surface area contributed by atoms with Crippen LogP contribution in [0.15, 0.2) is 5.10 Å². The second-order valence-electron chi connectivity index (χ2n) is 3.23. The number of hydrogen-bond donors (Lipinski definition) is 1. The summed E-state index contributed by atoms with van der Waals surface area (Å²) in [5.41, 5.74) is 2.40. The van der Waals surface area contributed by atoms with Crippen LogP contribution in [0.3, 0.4) is 0 Å². The fourth-order valence-electron chi connectivity index (χ4n) is 0.324. The Labute approximate surface area is 71.6 Å². The zero-order chi connectivity index (χ0) is 8.91. The van der Waals surface area contributed by atoms with Crippen LogP contribution in [0, 0.1) is 5.41 Å². The van der Waals surface area contributed by atoms with Gasteiger partial charge in [-0.25, -0.2) is 5.43 Å². The zero-order valence-electron chi connectivity index (χ0n) is 7.34. The monoisotopic (exact) mass is 174 g/mol. The summed E-state index contributed by atoms with van der Waals surface area (Å²) in [5, 5.41) is 3.63. The molecule has 0 bridgehead atoms. The van der Waals surface area contributed by atoms with Crippen LogP contribution in [0.1, 0.15) is 20.8 Å². The molecule has 0 heterocycles. The molecule has 1 amide bonds. The maximum Gasteiger partial charge on any atom is 0.298 e. The van der Waals surface area contributed by atoms with E-state index in [0.29, 0.717) is 0 Å². The van der Waals surface area contributed by atoms with Crippen LogP contribution < -0.4 is 5.43 Å². The maximum absolute atomic E-state index is 10.6. The number of nitrogens with one attached hydrogen (secondary N) is 1. The second-order valence-corrected chi connectivity index (χ2v) is 4.01. The number of nitrogens with zero attached hydrogens (tertiary/aromatic N) is 1. The van der Waals surface area contributed by atoms with E-state index in [9.17, 15) is 4.79 Å². The van der Waals surface area contributed by atoms with Crippen LogP contribution in [0.4, 0.5) is 4.79 Å². The first kappa shape index (κ1) is 10.5. The molecule has 0 rings (SSSR count). The van der Waals surface area contributed by atoms with Crippen molar-refractivity contribution in [2.24, 2.45) is 10.5 Å². The molecule has 0 spiro atoms. The number of rotatable bonds is 1. The third-order valence-corrected chi connectivity index (χ3v) is 1.26. The molecule has 0 fully saturated rings. The first-order valence-corrected chi connectivity index (χ1v) is 4.56. The van der Waals surface area contributed by atoms with E-state index >= 15 is 0 Å². The van der Waals surface area contributed by atoms with E-state index in [1.807, 2.05) is 20.8 Å². The standard InChI is InChI=1S/C7H14N2OS/c1-7(2,3)5-8-9-6(10)11-4/h5H,1-4H3,(H,9,10)/b8-5+. The molecule has 0 aromatic rings. The summed E-state index contributed by atoms with van der Waals surface area (Å²) in [4.78, 5) is 10.6. The van der Waals surface area contributed by atoms with Gasteiger partial charge < -0.3 is 0 Å². The minimum Gasteiger partial charge on any atom is -0.260 e. The Morgan fingerprint density at radius 3 is 2.45 bits per heavy atom. The topological polar surface area (TPSA) is 41.5 Å². The van der Waals surface area contributed by atoms with Gasteiger partial charge in [-0.1, -0.05) is 32.5 Å². The number of hydrazone groups is 1. The number of carbonyl (C=O) groups excluding carboxylic acids is 1. The molecule has 0 saturated heterocycles. The summed E-state index contributed by atoms with van der Waals surface area (Å²) in [6.45, 7) is 6.05. The van der Waals surface area contributed by atoms with Crippen LogP contribution in [-0.2, 0) is 0 Å². The molecule has 11 heavy (non-hydrogen) atoms. The minimum atomic E-state index is -0.134. The third-order valence-electron chi connectivity index (χ3n) is 0.793. The quantitative estimate of drug-likeness (QED) is 0.488. The summed E-state index contributed by atoms with van der Waals surface area (Å²) < 4.78 is 0. The van der Waals surface area contributed by atoms with Gasteiger partial charge in [0.2, 0.25) is 0 Å². The van der Waals surface area contributed by atoms with Crippen LogP contribution in [0.2, 0.25) is 0 Å². The minimum absolute atomic E-state index is 0.0195. The summed E-state index contributed by atoms with van der Waals surface area (Å²) >= 11 is 1.11. The van der Waals surface area contributed by atoms with E-state index in [2.05, 4.69) is 10.5 Å². The molecule has 0 aliphatic rings. The fourth-order valence-corrected chi connectivity index (χ4v) is 0.468. The van der Waals surface area contributed by atoms with Crippen molar-refractivity contribution in [1.29, 1.82) is 0 Å². The lowest BCUT2D eigenvalue weighted by atomic mass is 9.99. The number of thioether (sulfide) groups is 1. The van der Waals surface area contributed by atoms with Crippen molar-refractivity contribution in [2.75, 3.05) is 6.26 Å². The Bertz CT molecular complexity index is 160. The van der Waals surface area contributed by atoms with Crippen molar-refractivity contribution in [3.8, 4) is 0 Å². The number of hydrogen-bond acceptors (Lipinski definition) is 3. The average Bonchev–Trinajstić information content (AvgIpc) is 1.85. The van der Waals surface area contributed by atoms with Gasteiger partial charge in [-0.2, -0.15) is 5.10 Å². The van der Waals surface area contributed by atoms with Crippen molar-refractivity contribution >= 4 is 23.2 Å². The Morgan fingerprint density at radius 1 is 1.55 bits per heavy atom. The van der Waals surface area contributed by atoms with Crippen LogP contribution >= 0.6 is 11.8 Å². The molecule has 0 saturated carbocycles. The average molecular weight is 174 g/mol. The highest BCUT2D eigenvalue weighted by molar-refractivity contribution is 8.12. The lowest BCUT2D eigenvalue weighted by Crippen LogP contribution is -2.15. The molecular weight excluding hydrogens is 160 g/mol. The van der Waals surface area contributed by atoms with Crippen LogP contribution in [0.25, 0.3) is 0 Å². The highest BCUT2D eigenvalue weighted by Crippen LogP contribution is 2.07. The Hall–Kier alpha value is -0.510. The van der Waals surface area contributed by atoms with Crippen molar-refractivity contribution in [3.63, 3.8) is 0 Å². The van der Waals surface area contributed by atoms with Gasteiger partial charge in [-0.3, -0.25) is 4.79 Å². The van der Waals surface area contributed by atoms with E-state index in [0.717, 1.165) is 11.8 Å². The Kier molecular flexibility index (Phi) is 4.18. The van der Waals surface area contributed by atoms with Gasteiger partial charge in [0.05, 0.1) is 0 Å². The molecule has 0 aromatic heterocycles. The molecule has 0 aliphatic heterocycles. The largest absolute Gasteiger partial charge is 0.298 e. The molecule has 4 heteroatoms. The van der Waals surface area contributed by atoms with Crippen LogP contribution in [0.5, 0.6) is 0 Å². The highest BCUT2D eigenvalue weighted by Gasteiger charge is 2.04. The Balaban J connectivity index is 3.70. The normalized spacial score (nSPS) is 12.0. The molecule has 1 N–H and O–H groups in total. The predicted molar refractivity (Wildman–Crippen MR) is 50.0 cm³/mol. The lowest BCUT2D eigenvalue weighted by Gasteiger charge is -2.09. The van der Waals surface area contributed by atoms with E-state index in [1.165, 1.54) is 0 Å². The van der Waals surface area contributed by atoms with Crippen molar-refractivity contribution < 1.29 is 4.79 Å². The van der Waals surface area contributed by atoms with Gasteiger partial charge in [-0.05, 0) is 11.7 Å². The molecule has 0 radical (unpaired) electrons. The molecule has 0 unspecified atom stereocenters. The third kappa shape index (κ3) is 7.39. The van der Waals surface area contributed by atoms with E-state index in [-0.39, 0.29) is 10.7 Å². The van der Waals surface area contributed by atoms with E-state index < -0.39 is 0 Å². The first-order valence-electron chi connectivity index (χ1n) is 3.34. The summed E-state index contributed by atoms with van der Waals surface area (Å²) in [6, 6.07) is 0. The van der Waals surface area contributed by atoms with Crippen molar-refractivity contribution in [3.05, 3.63) is 0 Å². The summed E-state index contributed by atoms with van der Waals surface area (Å²) in [7, 11) is 0. The SMILES string of the molecule is CSC(=O)N/N=C/C(C)(C)C. The molecule has 0 aliphatic carbocycles. The van der Waals surface area contributed by atoms with Gasteiger partial charge >= 0.3 is 0 Å². The maximum atomic E-state index is 10.6. The number of amides is 1. The smallest absolute Gasteiger partial charge is 0.260 e. The van der Waals surface area contributed by atoms with Crippen LogP contribution in [-0.4, -0.2) is 17.7 Å². The number of carbonyl (C=O) groups is 1. The van der Waals surface area contributed by atoms with Gasteiger partial charge in [0, 0.05) is 6.21 Å². The van der Waals surface area contributed by atoms with E-state index in [4.69, 9.17) is 0 Å².